The van der Waals surface area contributed by atoms with Crippen molar-refractivity contribution in [3.05, 3.63) is 48.2 Å². The number of hydroxylamine groups is 1. The monoisotopic (exact) mass is 337 g/mol. The molecule has 20 heavy (non-hydrogen) atoms. The molecular weight excluding hydrogens is 322 g/mol. The van der Waals surface area contributed by atoms with E-state index in [9.17, 15) is 4.79 Å². The Labute approximate surface area is 126 Å². The quantitative estimate of drug-likeness (QED) is 0.646. The molecule has 0 spiro atoms. The van der Waals surface area contributed by atoms with Gasteiger partial charge in [0.15, 0.2) is 0 Å². The minimum atomic E-state index is -0.234. The van der Waals surface area contributed by atoms with Crippen LogP contribution in [0.4, 0.5) is 0 Å². The molecule has 2 rings (SSSR count). The van der Waals surface area contributed by atoms with E-state index in [4.69, 9.17) is 9.25 Å². The van der Waals surface area contributed by atoms with Crippen LogP contribution in [0.2, 0.25) is 0 Å². The molecule has 1 aromatic heterocycles. The van der Waals surface area contributed by atoms with Crippen molar-refractivity contribution >= 4 is 21.8 Å². The highest BCUT2D eigenvalue weighted by Gasteiger charge is 2.12. The van der Waals surface area contributed by atoms with Gasteiger partial charge in [0.1, 0.15) is 12.4 Å². The zero-order valence-corrected chi connectivity index (χ0v) is 12.7. The van der Waals surface area contributed by atoms with Crippen molar-refractivity contribution in [1.29, 1.82) is 0 Å². The van der Waals surface area contributed by atoms with Crippen LogP contribution in [-0.2, 0) is 16.2 Å². The molecule has 1 heterocycles. The number of amides is 1. The molecule has 1 N–H and O–H groups in total. The molecule has 2 aromatic rings. The van der Waals surface area contributed by atoms with E-state index in [-0.39, 0.29) is 17.3 Å². The van der Waals surface area contributed by atoms with Crippen LogP contribution in [0.1, 0.15) is 18.9 Å². The van der Waals surface area contributed by atoms with Gasteiger partial charge in [-0.1, -0.05) is 47.1 Å². The van der Waals surface area contributed by atoms with Gasteiger partial charge in [-0.3, -0.25) is 9.63 Å². The van der Waals surface area contributed by atoms with E-state index >= 15 is 0 Å². The van der Waals surface area contributed by atoms with E-state index in [0.717, 1.165) is 16.9 Å². The van der Waals surface area contributed by atoms with Gasteiger partial charge in [-0.25, -0.2) is 5.48 Å². The molecule has 0 aliphatic heterocycles. The van der Waals surface area contributed by atoms with Crippen LogP contribution >= 0.6 is 15.9 Å². The number of hydrogen-bond acceptors (Lipinski definition) is 3. The molecule has 1 amide bonds. The lowest BCUT2D eigenvalue weighted by molar-refractivity contribution is -0.133. The van der Waals surface area contributed by atoms with Gasteiger partial charge < -0.3 is 4.42 Å². The molecule has 1 unspecified atom stereocenters. The first-order valence-corrected chi connectivity index (χ1v) is 7.31. The zero-order valence-electron chi connectivity index (χ0n) is 11.1. The predicted octanol–water partition coefficient (Wildman–Crippen LogP) is 3.67. The fourth-order valence-corrected chi connectivity index (χ4v) is 1.85. The maximum Gasteiger partial charge on any atom is 0.257 e. The molecule has 0 saturated heterocycles. The molecule has 0 bridgehead atoms. The molecule has 0 aliphatic carbocycles. The predicted molar refractivity (Wildman–Crippen MR) is 80.1 cm³/mol. The Morgan fingerprint density at radius 1 is 1.35 bits per heavy atom. The van der Waals surface area contributed by atoms with Crippen LogP contribution in [0, 0.1) is 0 Å². The zero-order chi connectivity index (χ0) is 14.4. The Balaban J connectivity index is 1.99. The Hall–Kier alpha value is -1.59. The van der Waals surface area contributed by atoms with Gasteiger partial charge in [-0.2, -0.15) is 0 Å². The molecule has 0 radical (unpaired) electrons. The van der Waals surface area contributed by atoms with Crippen LogP contribution in [-0.4, -0.2) is 10.7 Å². The molecule has 0 aliphatic rings. The normalized spacial score (nSPS) is 12.1. The van der Waals surface area contributed by atoms with Crippen molar-refractivity contribution in [3.63, 3.8) is 0 Å². The van der Waals surface area contributed by atoms with Crippen molar-refractivity contribution < 1.29 is 14.0 Å². The van der Waals surface area contributed by atoms with Gasteiger partial charge in [-0.15, -0.1) is 0 Å². The number of halogens is 1. The first kappa shape index (κ1) is 14.8. The molecule has 1 aromatic carbocycles. The average Bonchev–Trinajstić information content (AvgIpc) is 3.00. The van der Waals surface area contributed by atoms with Crippen molar-refractivity contribution in [2.75, 3.05) is 0 Å². The standard InChI is InChI=1S/C15H16BrNO3/c1-2-13(16)15(18)17-20-10-11-6-3-4-7-12(11)14-8-5-9-19-14/h3-9,13H,2,10H2,1H3,(H,17,18). The largest absolute Gasteiger partial charge is 0.464 e. The summed E-state index contributed by atoms with van der Waals surface area (Å²) in [5.74, 6) is 0.602. The first-order chi connectivity index (χ1) is 9.72. The summed E-state index contributed by atoms with van der Waals surface area (Å²) >= 11 is 3.27. The molecule has 0 saturated carbocycles. The second-order valence-corrected chi connectivity index (χ2v) is 5.37. The van der Waals surface area contributed by atoms with E-state index in [1.165, 1.54) is 0 Å². The lowest BCUT2D eigenvalue weighted by Crippen LogP contribution is -2.30. The molecule has 106 valence electrons. The van der Waals surface area contributed by atoms with Crippen molar-refractivity contribution in [3.8, 4) is 11.3 Å². The third-order valence-electron chi connectivity index (χ3n) is 2.85. The van der Waals surface area contributed by atoms with E-state index in [0.29, 0.717) is 6.42 Å². The SMILES string of the molecule is CCC(Br)C(=O)NOCc1ccccc1-c1ccco1. The summed E-state index contributed by atoms with van der Waals surface area (Å²) in [6.07, 6.45) is 2.34. The van der Waals surface area contributed by atoms with Gasteiger partial charge in [-0.05, 0) is 24.1 Å². The molecule has 1 atom stereocenters. The number of carbonyl (C=O) groups excluding carboxylic acids is 1. The minimum Gasteiger partial charge on any atom is -0.464 e. The van der Waals surface area contributed by atoms with Gasteiger partial charge in [0, 0.05) is 5.56 Å². The number of alkyl halides is 1. The highest BCUT2D eigenvalue weighted by atomic mass is 79.9. The first-order valence-electron chi connectivity index (χ1n) is 6.40. The van der Waals surface area contributed by atoms with E-state index in [2.05, 4.69) is 21.4 Å². The Bertz CT molecular complexity index is 554. The van der Waals surface area contributed by atoms with E-state index in [1.807, 2.05) is 43.3 Å². The Kier molecular flexibility index (Phi) is 5.38. The van der Waals surface area contributed by atoms with Gasteiger partial charge in [0.25, 0.3) is 5.91 Å². The summed E-state index contributed by atoms with van der Waals surface area (Å²) in [5.41, 5.74) is 4.34. The minimum absolute atomic E-state index is 0.178. The van der Waals surface area contributed by atoms with Crippen LogP contribution in [0.3, 0.4) is 0 Å². The number of carbonyl (C=O) groups is 1. The highest BCUT2D eigenvalue weighted by molar-refractivity contribution is 9.10. The third-order valence-corrected chi connectivity index (χ3v) is 3.91. The summed E-state index contributed by atoms with van der Waals surface area (Å²) in [7, 11) is 0. The fraction of sp³-hybridized carbons (Fsp3) is 0.267. The summed E-state index contributed by atoms with van der Waals surface area (Å²) < 4.78 is 5.39. The lowest BCUT2D eigenvalue weighted by Gasteiger charge is -2.10. The molecule has 4 nitrogen and oxygen atoms in total. The number of benzene rings is 1. The summed E-state index contributed by atoms with van der Waals surface area (Å²) in [4.78, 5) is 16.6. The fourth-order valence-electron chi connectivity index (χ4n) is 1.75. The number of furan rings is 1. The Morgan fingerprint density at radius 3 is 2.85 bits per heavy atom. The maximum absolute atomic E-state index is 11.6. The number of nitrogens with one attached hydrogen (secondary N) is 1. The van der Waals surface area contributed by atoms with Crippen molar-refractivity contribution in [1.82, 2.24) is 5.48 Å². The average molecular weight is 338 g/mol. The third kappa shape index (κ3) is 3.71. The second-order valence-electron chi connectivity index (χ2n) is 4.27. The summed E-state index contributed by atoms with van der Waals surface area (Å²) in [5, 5.41) is 0. The molecular formula is C15H16BrNO3. The van der Waals surface area contributed by atoms with Crippen molar-refractivity contribution in [2.45, 2.75) is 24.8 Å². The smallest absolute Gasteiger partial charge is 0.257 e. The summed E-state index contributed by atoms with van der Waals surface area (Å²) in [6.45, 7) is 2.21. The molecule has 0 fully saturated rings. The number of hydrogen-bond donors (Lipinski definition) is 1. The highest BCUT2D eigenvalue weighted by Crippen LogP contribution is 2.24. The van der Waals surface area contributed by atoms with Crippen LogP contribution < -0.4 is 5.48 Å². The summed E-state index contributed by atoms with van der Waals surface area (Å²) in [6, 6.07) is 11.5. The van der Waals surface area contributed by atoms with Gasteiger partial charge in [0.2, 0.25) is 0 Å². The number of rotatable bonds is 6. The van der Waals surface area contributed by atoms with E-state index in [1.54, 1.807) is 6.26 Å². The van der Waals surface area contributed by atoms with Gasteiger partial charge in [0.05, 0.1) is 11.1 Å². The second kappa shape index (κ2) is 7.26. The topological polar surface area (TPSA) is 51.5 Å². The maximum atomic E-state index is 11.6. The van der Waals surface area contributed by atoms with Gasteiger partial charge >= 0.3 is 0 Å². The van der Waals surface area contributed by atoms with Crippen molar-refractivity contribution in [2.24, 2.45) is 0 Å². The van der Waals surface area contributed by atoms with Crippen LogP contribution in [0.5, 0.6) is 0 Å². The van der Waals surface area contributed by atoms with Crippen LogP contribution in [0.15, 0.2) is 47.1 Å². The van der Waals surface area contributed by atoms with E-state index < -0.39 is 0 Å². The molecule has 5 heteroatoms. The Morgan fingerprint density at radius 2 is 2.15 bits per heavy atom. The lowest BCUT2D eigenvalue weighted by atomic mass is 10.1. The van der Waals surface area contributed by atoms with Crippen LogP contribution in [0.25, 0.3) is 11.3 Å².